The molecule has 0 aliphatic carbocycles. The van der Waals surface area contributed by atoms with E-state index in [0.717, 1.165) is 6.20 Å². The lowest BCUT2D eigenvalue weighted by Crippen LogP contribution is -2.44. The summed E-state index contributed by atoms with van der Waals surface area (Å²) in [6, 6.07) is 1.30. The molecule has 0 bridgehead atoms. The van der Waals surface area contributed by atoms with Crippen LogP contribution in [0.5, 0.6) is 0 Å². The predicted octanol–water partition coefficient (Wildman–Crippen LogP) is 1.36. The van der Waals surface area contributed by atoms with E-state index in [9.17, 15) is 14.3 Å². The van der Waals surface area contributed by atoms with E-state index in [2.05, 4.69) is 10.3 Å². The first kappa shape index (κ1) is 13.6. The van der Waals surface area contributed by atoms with Crippen LogP contribution in [-0.4, -0.2) is 28.1 Å². The standard InChI is InChI=1S/C12H17FN2O2/c1-8(2)12(3,17)7-15-11(16)9-4-5-14-6-10(9)13/h4-6,8,17H,7H2,1-3H3,(H,15,16). The van der Waals surface area contributed by atoms with Gasteiger partial charge in [0.2, 0.25) is 0 Å². The van der Waals surface area contributed by atoms with E-state index in [1.807, 2.05) is 13.8 Å². The van der Waals surface area contributed by atoms with Crippen LogP contribution >= 0.6 is 0 Å². The molecule has 1 unspecified atom stereocenters. The van der Waals surface area contributed by atoms with Crippen molar-refractivity contribution in [1.29, 1.82) is 0 Å². The summed E-state index contributed by atoms with van der Waals surface area (Å²) < 4.78 is 13.2. The maximum absolute atomic E-state index is 13.2. The lowest BCUT2D eigenvalue weighted by atomic mass is 9.92. The monoisotopic (exact) mass is 240 g/mol. The zero-order chi connectivity index (χ0) is 13.1. The van der Waals surface area contributed by atoms with Crippen LogP contribution in [-0.2, 0) is 0 Å². The van der Waals surface area contributed by atoms with Crippen molar-refractivity contribution in [2.24, 2.45) is 5.92 Å². The van der Waals surface area contributed by atoms with Crippen LogP contribution < -0.4 is 5.32 Å². The fourth-order valence-electron chi connectivity index (χ4n) is 1.12. The fourth-order valence-corrected chi connectivity index (χ4v) is 1.12. The molecule has 1 rings (SSSR count). The van der Waals surface area contributed by atoms with Gasteiger partial charge in [-0.3, -0.25) is 9.78 Å². The Bertz CT molecular complexity index is 405. The molecular formula is C12H17FN2O2. The molecule has 0 saturated carbocycles. The summed E-state index contributed by atoms with van der Waals surface area (Å²) in [4.78, 5) is 15.2. The summed E-state index contributed by atoms with van der Waals surface area (Å²) in [5.41, 5.74) is -1.08. The molecule has 1 aromatic heterocycles. The van der Waals surface area contributed by atoms with Crippen molar-refractivity contribution in [3.05, 3.63) is 29.8 Å². The van der Waals surface area contributed by atoms with E-state index < -0.39 is 17.3 Å². The molecular weight excluding hydrogens is 223 g/mol. The highest BCUT2D eigenvalue weighted by atomic mass is 19.1. The molecule has 4 nitrogen and oxygen atoms in total. The Morgan fingerprint density at radius 3 is 2.82 bits per heavy atom. The number of pyridine rings is 1. The molecule has 94 valence electrons. The van der Waals surface area contributed by atoms with Crippen molar-refractivity contribution in [2.75, 3.05) is 6.54 Å². The predicted molar refractivity (Wildman–Crippen MR) is 62.0 cm³/mol. The molecule has 0 aliphatic rings. The summed E-state index contributed by atoms with van der Waals surface area (Å²) in [6.45, 7) is 5.39. The Balaban J connectivity index is 2.66. The number of rotatable bonds is 4. The number of carbonyl (C=O) groups is 1. The van der Waals surface area contributed by atoms with Gasteiger partial charge in [-0.05, 0) is 18.9 Å². The zero-order valence-corrected chi connectivity index (χ0v) is 10.2. The number of hydrogen-bond acceptors (Lipinski definition) is 3. The molecule has 1 aromatic rings. The average molecular weight is 240 g/mol. The Morgan fingerprint density at radius 2 is 2.29 bits per heavy atom. The highest BCUT2D eigenvalue weighted by Gasteiger charge is 2.25. The van der Waals surface area contributed by atoms with E-state index in [1.54, 1.807) is 6.92 Å². The first-order valence-electron chi connectivity index (χ1n) is 5.44. The highest BCUT2D eigenvalue weighted by Crippen LogP contribution is 2.14. The number of halogens is 1. The molecule has 1 amide bonds. The highest BCUT2D eigenvalue weighted by molar-refractivity contribution is 5.94. The summed E-state index contributed by atoms with van der Waals surface area (Å²) >= 11 is 0. The van der Waals surface area contributed by atoms with E-state index in [-0.39, 0.29) is 18.0 Å². The second-order valence-electron chi connectivity index (χ2n) is 4.55. The Morgan fingerprint density at radius 1 is 1.65 bits per heavy atom. The fraction of sp³-hybridized carbons (Fsp3) is 0.500. The van der Waals surface area contributed by atoms with Crippen LogP contribution in [0.3, 0.4) is 0 Å². The average Bonchev–Trinajstić information content (AvgIpc) is 2.26. The molecule has 1 atom stereocenters. The lowest BCUT2D eigenvalue weighted by molar-refractivity contribution is 0.0142. The second-order valence-corrected chi connectivity index (χ2v) is 4.55. The molecule has 0 aromatic carbocycles. The van der Waals surface area contributed by atoms with Gasteiger partial charge in [0.25, 0.3) is 5.91 Å². The quantitative estimate of drug-likeness (QED) is 0.835. The molecule has 0 radical (unpaired) electrons. The minimum Gasteiger partial charge on any atom is -0.388 e. The summed E-state index contributed by atoms with van der Waals surface area (Å²) in [5.74, 6) is -1.23. The minimum absolute atomic E-state index is 0.00918. The van der Waals surface area contributed by atoms with Crippen LogP contribution in [0.1, 0.15) is 31.1 Å². The number of aliphatic hydroxyl groups is 1. The van der Waals surface area contributed by atoms with Gasteiger partial charge in [0.05, 0.1) is 17.4 Å². The Kier molecular flexibility index (Phi) is 4.17. The van der Waals surface area contributed by atoms with Crippen LogP contribution in [0.4, 0.5) is 4.39 Å². The molecule has 17 heavy (non-hydrogen) atoms. The SMILES string of the molecule is CC(C)C(C)(O)CNC(=O)c1ccncc1F. The van der Waals surface area contributed by atoms with Gasteiger partial charge in [0.15, 0.2) is 5.82 Å². The van der Waals surface area contributed by atoms with Crippen molar-refractivity contribution >= 4 is 5.91 Å². The third-order valence-electron chi connectivity index (χ3n) is 2.87. The number of amides is 1. The van der Waals surface area contributed by atoms with E-state index >= 15 is 0 Å². The van der Waals surface area contributed by atoms with Crippen molar-refractivity contribution < 1.29 is 14.3 Å². The number of nitrogens with zero attached hydrogens (tertiary/aromatic N) is 1. The Labute approximate surface area is 99.9 Å². The lowest BCUT2D eigenvalue weighted by Gasteiger charge is -2.27. The van der Waals surface area contributed by atoms with Crippen LogP contribution in [0, 0.1) is 11.7 Å². The van der Waals surface area contributed by atoms with Crippen molar-refractivity contribution in [2.45, 2.75) is 26.4 Å². The van der Waals surface area contributed by atoms with Gasteiger partial charge in [-0.2, -0.15) is 0 Å². The minimum atomic E-state index is -1.01. The third kappa shape index (κ3) is 3.49. The topological polar surface area (TPSA) is 62.2 Å². The second kappa shape index (κ2) is 5.23. The Hall–Kier alpha value is -1.49. The molecule has 0 spiro atoms. The first-order chi connectivity index (χ1) is 7.84. The van der Waals surface area contributed by atoms with Crippen molar-refractivity contribution in [3.63, 3.8) is 0 Å². The van der Waals surface area contributed by atoms with Gasteiger partial charge in [-0.15, -0.1) is 0 Å². The van der Waals surface area contributed by atoms with Gasteiger partial charge in [0.1, 0.15) is 0 Å². The zero-order valence-electron chi connectivity index (χ0n) is 10.2. The normalized spacial score (nSPS) is 14.5. The van der Waals surface area contributed by atoms with Gasteiger partial charge in [-0.1, -0.05) is 13.8 Å². The smallest absolute Gasteiger partial charge is 0.254 e. The number of aromatic nitrogens is 1. The largest absolute Gasteiger partial charge is 0.388 e. The van der Waals surface area contributed by atoms with E-state index in [1.165, 1.54) is 12.3 Å². The maximum atomic E-state index is 13.2. The molecule has 0 fully saturated rings. The number of hydrogen-bond donors (Lipinski definition) is 2. The van der Waals surface area contributed by atoms with Gasteiger partial charge < -0.3 is 10.4 Å². The van der Waals surface area contributed by atoms with Crippen molar-refractivity contribution in [1.82, 2.24) is 10.3 Å². The molecule has 0 saturated heterocycles. The van der Waals surface area contributed by atoms with Gasteiger partial charge >= 0.3 is 0 Å². The van der Waals surface area contributed by atoms with Crippen LogP contribution in [0.2, 0.25) is 0 Å². The maximum Gasteiger partial charge on any atom is 0.254 e. The van der Waals surface area contributed by atoms with E-state index in [4.69, 9.17) is 0 Å². The summed E-state index contributed by atoms with van der Waals surface area (Å²) in [7, 11) is 0. The number of nitrogens with one attached hydrogen (secondary N) is 1. The van der Waals surface area contributed by atoms with Crippen LogP contribution in [0.15, 0.2) is 18.5 Å². The van der Waals surface area contributed by atoms with Gasteiger partial charge in [-0.25, -0.2) is 4.39 Å². The molecule has 0 aliphatic heterocycles. The summed E-state index contributed by atoms with van der Waals surface area (Å²) in [6.07, 6.45) is 2.33. The molecule has 5 heteroatoms. The molecule has 2 N–H and O–H groups in total. The van der Waals surface area contributed by atoms with E-state index in [0.29, 0.717) is 0 Å². The van der Waals surface area contributed by atoms with Gasteiger partial charge in [0, 0.05) is 12.7 Å². The first-order valence-corrected chi connectivity index (χ1v) is 5.44. The number of carbonyl (C=O) groups excluding carboxylic acids is 1. The molecule has 1 heterocycles. The van der Waals surface area contributed by atoms with Crippen LogP contribution in [0.25, 0.3) is 0 Å². The summed E-state index contributed by atoms with van der Waals surface area (Å²) in [5, 5.41) is 12.4. The third-order valence-corrected chi connectivity index (χ3v) is 2.87. The van der Waals surface area contributed by atoms with Crippen molar-refractivity contribution in [3.8, 4) is 0 Å².